The SMILES string of the molecule is Cc1ccccc1CN(C)c1ccc(C(C)O)cc1Br. The van der Waals surface area contributed by atoms with E-state index in [0.29, 0.717) is 0 Å². The first-order valence-corrected chi connectivity index (χ1v) is 7.51. The van der Waals surface area contributed by atoms with E-state index >= 15 is 0 Å². The summed E-state index contributed by atoms with van der Waals surface area (Å²) in [6.07, 6.45) is -0.443. The summed E-state index contributed by atoms with van der Waals surface area (Å²) in [7, 11) is 2.08. The van der Waals surface area contributed by atoms with E-state index < -0.39 is 6.10 Å². The van der Waals surface area contributed by atoms with Crippen molar-refractivity contribution in [1.29, 1.82) is 0 Å². The summed E-state index contributed by atoms with van der Waals surface area (Å²) in [4.78, 5) is 2.21. The normalized spacial score (nSPS) is 12.2. The van der Waals surface area contributed by atoms with Crippen LogP contribution in [0.1, 0.15) is 29.7 Å². The number of hydrogen-bond acceptors (Lipinski definition) is 2. The second-order valence-electron chi connectivity index (χ2n) is 5.17. The van der Waals surface area contributed by atoms with Gasteiger partial charge in [-0.3, -0.25) is 0 Å². The smallest absolute Gasteiger partial charge is 0.0762 e. The zero-order valence-electron chi connectivity index (χ0n) is 12.1. The lowest BCUT2D eigenvalue weighted by molar-refractivity contribution is 0.199. The fourth-order valence-corrected chi connectivity index (χ4v) is 2.92. The van der Waals surface area contributed by atoms with Crippen molar-refractivity contribution in [2.75, 3.05) is 11.9 Å². The molecule has 0 heterocycles. The summed E-state index contributed by atoms with van der Waals surface area (Å²) in [6.45, 7) is 4.77. The number of halogens is 1. The van der Waals surface area contributed by atoms with Crippen LogP contribution in [0.2, 0.25) is 0 Å². The minimum Gasteiger partial charge on any atom is -0.389 e. The fourth-order valence-electron chi connectivity index (χ4n) is 2.22. The molecule has 0 spiro atoms. The number of hydrogen-bond donors (Lipinski definition) is 1. The molecule has 0 bridgehead atoms. The average molecular weight is 334 g/mol. The monoisotopic (exact) mass is 333 g/mol. The van der Waals surface area contributed by atoms with Gasteiger partial charge in [-0.05, 0) is 58.6 Å². The standard InChI is InChI=1S/C17H20BrNO/c1-12-6-4-5-7-15(12)11-19(3)17-9-8-14(13(2)20)10-16(17)18/h4-10,13,20H,11H2,1-3H3. The number of nitrogens with zero attached hydrogens (tertiary/aromatic N) is 1. The van der Waals surface area contributed by atoms with E-state index in [9.17, 15) is 5.11 Å². The summed E-state index contributed by atoms with van der Waals surface area (Å²) in [5, 5.41) is 9.61. The molecule has 0 aromatic heterocycles. The van der Waals surface area contributed by atoms with Crippen molar-refractivity contribution < 1.29 is 5.11 Å². The molecule has 0 fully saturated rings. The van der Waals surface area contributed by atoms with E-state index in [1.54, 1.807) is 6.92 Å². The Labute approximate surface area is 129 Å². The highest BCUT2D eigenvalue weighted by molar-refractivity contribution is 9.10. The van der Waals surface area contributed by atoms with Crippen molar-refractivity contribution in [2.24, 2.45) is 0 Å². The molecule has 0 saturated heterocycles. The highest BCUT2D eigenvalue weighted by Crippen LogP contribution is 2.29. The zero-order valence-corrected chi connectivity index (χ0v) is 13.7. The number of aliphatic hydroxyl groups excluding tert-OH is 1. The quantitative estimate of drug-likeness (QED) is 0.893. The van der Waals surface area contributed by atoms with E-state index in [-0.39, 0.29) is 0 Å². The van der Waals surface area contributed by atoms with Crippen LogP contribution in [0.15, 0.2) is 46.9 Å². The molecular weight excluding hydrogens is 314 g/mol. The van der Waals surface area contributed by atoms with Gasteiger partial charge in [0.15, 0.2) is 0 Å². The van der Waals surface area contributed by atoms with Crippen LogP contribution < -0.4 is 4.90 Å². The van der Waals surface area contributed by atoms with E-state index in [1.807, 2.05) is 18.2 Å². The molecule has 1 atom stereocenters. The third-order valence-corrected chi connectivity index (χ3v) is 4.17. The first-order chi connectivity index (χ1) is 9.49. The maximum absolute atomic E-state index is 9.61. The molecule has 0 saturated carbocycles. The molecule has 2 aromatic carbocycles. The van der Waals surface area contributed by atoms with E-state index in [1.165, 1.54) is 11.1 Å². The predicted molar refractivity (Wildman–Crippen MR) is 88.1 cm³/mol. The van der Waals surface area contributed by atoms with E-state index in [2.05, 4.69) is 59.1 Å². The van der Waals surface area contributed by atoms with E-state index in [4.69, 9.17) is 0 Å². The molecule has 2 rings (SSSR count). The van der Waals surface area contributed by atoms with Crippen LogP contribution in [0.3, 0.4) is 0 Å². The molecule has 2 nitrogen and oxygen atoms in total. The molecule has 1 N–H and O–H groups in total. The number of aliphatic hydroxyl groups is 1. The molecular formula is C17H20BrNO. The summed E-state index contributed by atoms with van der Waals surface area (Å²) >= 11 is 3.60. The molecule has 106 valence electrons. The second kappa shape index (κ2) is 6.42. The largest absolute Gasteiger partial charge is 0.389 e. The van der Waals surface area contributed by atoms with Crippen LogP contribution in [-0.4, -0.2) is 12.2 Å². The van der Waals surface area contributed by atoms with Gasteiger partial charge in [0.05, 0.1) is 11.8 Å². The highest BCUT2D eigenvalue weighted by Gasteiger charge is 2.10. The fraction of sp³-hybridized carbons (Fsp3) is 0.294. The predicted octanol–water partition coefficient (Wildman–Crippen LogP) is 4.45. The van der Waals surface area contributed by atoms with Crippen LogP contribution in [0.25, 0.3) is 0 Å². The van der Waals surface area contributed by atoms with Gasteiger partial charge in [0.1, 0.15) is 0 Å². The lowest BCUT2D eigenvalue weighted by atomic mass is 10.1. The van der Waals surface area contributed by atoms with Crippen molar-refractivity contribution >= 4 is 21.6 Å². The maximum Gasteiger partial charge on any atom is 0.0762 e. The molecule has 20 heavy (non-hydrogen) atoms. The zero-order chi connectivity index (χ0) is 14.7. The third kappa shape index (κ3) is 3.41. The number of aryl methyl sites for hydroxylation is 1. The lowest BCUT2D eigenvalue weighted by Crippen LogP contribution is -2.17. The van der Waals surface area contributed by atoms with Gasteiger partial charge in [-0.25, -0.2) is 0 Å². The van der Waals surface area contributed by atoms with Gasteiger partial charge in [0.2, 0.25) is 0 Å². The lowest BCUT2D eigenvalue weighted by Gasteiger charge is -2.22. The Bertz CT molecular complexity index is 595. The summed E-state index contributed by atoms with van der Waals surface area (Å²) in [5.74, 6) is 0. The maximum atomic E-state index is 9.61. The van der Waals surface area contributed by atoms with Crippen molar-refractivity contribution in [1.82, 2.24) is 0 Å². The van der Waals surface area contributed by atoms with Crippen LogP contribution in [0.5, 0.6) is 0 Å². The van der Waals surface area contributed by atoms with Gasteiger partial charge < -0.3 is 10.0 Å². The van der Waals surface area contributed by atoms with Crippen LogP contribution in [0, 0.1) is 6.92 Å². The molecule has 2 aromatic rings. The van der Waals surface area contributed by atoms with Crippen molar-refractivity contribution in [3.05, 3.63) is 63.6 Å². The van der Waals surface area contributed by atoms with Gasteiger partial charge in [-0.1, -0.05) is 30.3 Å². The van der Waals surface area contributed by atoms with Crippen molar-refractivity contribution in [3.63, 3.8) is 0 Å². The highest BCUT2D eigenvalue weighted by atomic mass is 79.9. The van der Waals surface area contributed by atoms with Crippen molar-refractivity contribution in [3.8, 4) is 0 Å². The van der Waals surface area contributed by atoms with E-state index in [0.717, 1.165) is 22.3 Å². The second-order valence-corrected chi connectivity index (χ2v) is 6.02. The van der Waals surface area contributed by atoms with Crippen LogP contribution in [-0.2, 0) is 6.54 Å². The molecule has 0 aliphatic carbocycles. The Hall–Kier alpha value is -1.32. The van der Waals surface area contributed by atoms with Crippen LogP contribution in [0.4, 0.5) is 5.69 Å². The summed E-state index contributed by atoms with van der Waals surface area (Å²) in [6, 6.07) is 14.4. The summed E-state index contributed by atoms with van der Waals surface area (Å²) < 4.78 is 1.01. The number of benzene rings is 2. The molecule has 0 radical (unpaired) electrons. The molecule has 1 unspecified atom stereocenters. The molecule has 0 amide bonds. The number of rotatable bonds is 4. The van der Waals surface area contributed by atoms with Gasteiger partial charge in [0.25, 0.3) is 0 Å². The van der Waals surface area contributed by atoms with Crippen molar-refractivity contribution in [2.45, 2.75) is 26.5 Å². The summed E-state index contributed by atoms with van der Waals surface area (Å²) in [5.41, 5.74) is 4.67. The Morgan fingerprint density at radius 1 is 1.20 bits per heavy atom. The first kappa shape index (κ1) is 15.1. The Morgan fingerprint density at radius 3 is 2.50 bits per heavy atom. The third-order valence-electron chi connectivity index (χ3n) is 3.53. The Balaban J connectivity index is 2.21. The molecule has 3 heteroatoms. The number of anilines is 1. The molecule has 0 aliphatic rings. The minimum absolute atomic E-state index is 0.443. The minimum atomic E-state index is -0.443. The van der Waals surface area contributed by atoms with Gasteiger partial charge >= 0.3 is 0 Å². The van der Waals surface area contributed by atoms with Gasteiger partial charge in [-0.15, -0.1) is 0 Å². The topological polar surface area (TPSA) is 23.5 Å². The van der Waals surface area contributed by atoms with Crippen LogP contribution >= 0.6 is 15.9 Å². The Morgan fingerprint density at radius 2 is 1.90 bits per heavy atom. The Kier molecular flexibility index (Phi) is 4.84. The van der Waals surface area contributed by atoms with Gasteiger partial charge in [0, 0.05) is 18.1 Å². The van der Waals surface area contributed by atoms with Gasteiger partial charge in [-0.2, -0.15) is 0 Å². The first-order valence-electron chi connectivity index (χ1n) is 6.72. The average Bonchev–Trinajstić information content (AvgIpc) is 2.41. The molecule has 0 aliphatic heterocycles.